The molecule has 2 atom stereocenters. The first kappa shape index (κ1) is 19.8. The van der Waals surface area contributed by atoms with Crippen LogP contribution in [0, 0.1) is 18.8 Å². The van der Waals surface area contributed by atoms with Crippen LogP contribution >= 0.6 is 0 Å². The predicted molar refractivity (Wildman–Crippen MR) is 96.3 cm³/mol. The van der Waals surface area contributed by atoms with Crippen molar-refractivity contribution in [3.8, 4) is 0 Å². The summed E-state index contributed by atoms with van der Waals surface area (Å²) >= 11 is 0. The fraction of sp³-hybridized carbons (Fsp3) is 0.706. The topological polar surface area (TPSA) is 122 Å². The zero-order chi connectivity index (χ0) is 19.8. The Kier molecular flexibility index (Phi) is 5.57. The fourth-order valence-corrected chi connectivity index (χ4v) is 5.29. The number of carbonyl (C=O) groups excluding carboxylic acids is 1. The van der Waals surface area contributed by atoms with Crippen molar-refractivity contribution in [2.24, 2.45) is 18.9 Å². The number of nitrogens with one attached hydrogen (secondary N) is 1. The Labute approximate surface area is 158 Å². The molecule has 9 nitrogen and oxygen atoms in total. The van der Waals surface area contributed by atoms with Crippen LogP contribution in [0.5, 0.6) is 0 Å². The number of imidazole rings is 1. The number of sulfonamides is 1. The Morgan fingerprint density at radius 3 is 2.37 bits per heavy atom. The zero-order valence-electron chi connectivity index (χ0n) is 15.6. The van der Waals surface area contributed by atoms with Gasteiger partial charge < -0.3 is 15.0 Å². The van der Waals surface area contributed by atoms with Gasteiger partial charge in [-0.05, 0) is 39.0 Å². The minimum atomic E-state index is -3.65. The molecule has 2 aliphatic rings. The molecule has 1 aromatic heterocycles. The van der Waals surface area contributed by atoms with Crippen LogP contribution in [0.3, 0.4) is 0 Å². The molecule has 1 saturated carbocycles. The van der Waals surface area contributed by atoms with E-state index in [1.54, 1.807) is 18.5 Å². The monoisotopic (exact) mass is 398 g/mol. The van der Waals surface area contributed by atoms with Crippen LogP contribution in [0.4, 0.5) is 0 Å². The van der Waals surface area contributed by atoms with E-state index in [-0.39, 0.29) is 41.9 Å². The van der Waals surface area contributed by atoms with E-state index < -0.39 is 16.0 Å². The molecule has 2 heterocycles. The Balaban J connectivity index is 1.54. The lowest BCUT2D eigenvalue weighted by molar-refractivity contribution is -0.141. The van der Waals surface area contributed by atoms with Crippen molar-refractivity contribution < 1.29 is 23.1 Å². The summed E-state index contributed by atoms with van der Waals surface area (Å²) in [6.07, 6.45) is 4.13. The first-order chi connectivity index (χ1) is 12.7. The van der Waals surface area contributed by atoms with E-state index in [0.29, 0.717) is 37.9 Å². The number of aromatic nitrogens is 2. The molecule has 0 bridgehead atoms. The molecule has 1 aliphatic carbocycles. The molecule has 1 amide bonds. The Morgan fingerprint density at radius 1 is 1.19 bits per heavy atom. The van der Waals surface area contributed by atoms with Crippen LogP contribution in [-0.2, 0) is 26.7 Å². The van der Waals surface area contributed by atoms with Crippen LogP contribution in [0.25, 0.3) is 0 Å². The van der Waals surface area contributed by atoms with Crippen LogP contribution in [-0.4, -0.2) is 58.4 Å². The summed E-state index contributed by atoms with van der Waals surface area (Å²) in [6, 6.07) is -0.100. The van der Waals surface area contributed by atoms with Crippen molar-refractivity contribution in [1.29, 1.82) is 0 Å². The number of aliphatic carboxylic acids is 1. The highest BCUT2D eigenvalue weighted by atomic mass is 32.2. The zero-order valence-corrected chi connectivity index (χ0v) is 16.4. The smallest absolute Gasteiger partial charge is 0.306 e. The first-order valence-corrected chi connectivity index (χ1v) is 10.7. The Hall–Kier alpha value is -1.94. The number of carboxylic acids is 1. The number of hydrogen-bond acceptors (Lipinski definition) is 5. The van der Waals surface area contributed by atoms with E-state index >= 15 is 0 Å². The molecular formula is C17H26N4O5S. The normalized spacial score (nSPS) is 24.8. The standard InChI is InChI=1S/C17H26N4O5S/c1-11-18-15(10-20(11)2)27(25,26)21-7-5-12(6-8-21)16(22)19-14-4-3-13(9-14)17(23)24/h10,12-14H,3-9H2,1-2H3,(H,19,22)(H,23,24)/t13-,14+/m1/s1. The van der Waals surface area contributed by atoms with E-state index in [1.165, 1.54) is 10.5 Å². The summed E-state index contributed by atoms with van der Waals surface area (Å²) in [4.78, 5) is 27.6. The van der Waals surface area contributed by atoms with Gasteiger partial charge in [0.1, 0.15) is 5.82 Å². The van der Waals surface area contributed by atoms with Crippen molar-refractivity contribution in [2.45, 2.75) is 50.1 Å². The number of carbonyl (C=O) groups is 2. The van der Waals surface area contributed by atoms with E-state index in [9.17, 15) is 18.0 Å². The van der Waals surface area contributed by atoms with Crippen molar-refractivity contribution in [3.63, 3.8) is 0 Å². The molecule has 0 unspecified atom stereocenters. The van der Waals surface area contributed by atoms with E-state index in [0.717, 1.165) is 0 Å². The second-order valence-corrected chi connectivity index (χ2v) is 9.35. The molecule has 27 heavy (non-hydrogen) atoms. The van der Waals surface area contributed by atoms with Crippen LogP contribution in [0.15, 0.2) is 11.2 Å². The summed E-state index contributed by atoms with van der Waals surface area (Å²) < 4.78 is 28.5. The molecule has 1 aliphatic heterocycles. The maximum Gasteiger partial charge on any atom is 0.306 e. The fourth-order valence-electron chi connectivity index (χ4n) is 3.80. The Bertz CT molecular complexity index is 807. The molecule has 2 N–H and O–H groups in total. The lowest BCUT2D eigenvalue weighted by Crippen LogP contribution is -2.45. The maximum absolute atomic E-state index is 12.7. The van der Waals surface area contributed by atoms with Gasteiger partial charge in [-0.15, -0.1) is 0 Å². The minimum absolute atomic E-state index is 0.0380. The predicted octanol–water partition coefficient (Wildman–Crippen LogP) is 0.499. The van der Waals surface area contributed by atoms with Gasteiger partial charge in [-0.3, -0.25) is 9.59 Å². The van der Waals surface area contributed by atoms with Crippen molar-refractivity contribution in [2.75, 3.05) is 13.1 Å². The number of amides is 1. The van der Waals surface area contributed by atoms with Gasteiger partial charge in [-0.25, -0.2) is 13.4 Å². The molecule has 3 rings (SSSR count). The molecule has 0 spiro atoms. The third-order valence-electron chi connectivity index (χ3n) is 5.64. The number of piperidine rings is 1. The van der Waals surface area contributed by atoms with Crippen LogP contribution in [0.1, 0.15) is 37.9 Å². The SMILES string of the molecule is Cc1nc(S(=O)(=O)N2CCC(C(=O)N[C@H]3CC[C@@H](C(=O)O)C3)CC2)cn1C. The molecule has 1 saturated heterocycles. The van der Waals surface area contributed by atoms with Crippen molar-refractivity contribution >= 4 is 21.9 Å². The minimum Gasteiger partial charge on any atom is -0.481 e. The third kappa shape index (κ3) is 4.16. The number of nitrogens with zero attached hydrogens (tertiary/aromatic N) is 3. The number of rotatable bonds is 5. The van der Waals surface area contributed by atoms with Gasteiger partial charge in [-0.1, -0.05) is 0 Å². The molecule has 150 valence electrons. The van der Waals surface area contributed by atoms with Gasteiger partial charge >= 0.3 is 5.97 Å². The van der Waals surface area contributed by atoms with Crippen molar-refractivity contribution in [3.05, 3.63) is 12.0 Å². The summed E-state index contributed by atoms with van der Waals surface area (Å²) in [7, 11) is -1.90. The van der Waals surface area contributed by atoms with Crippen LogP contribution < -0.4 is 5.32 Å². The lowest BCUT2D eigenvalue weighted by Gasteiger charge is -2.30. The number of hydrogen-bond donors (Lipinski definition) is 2. The highest BCUT2D eigenvalue weighted by Crippen LogP contribution is 2.27. The Morgan fingerprint density at radius 2 is 1.85 bits per heavy atom. The molecular weight excluding hydrogens is 372 g/mol. The summed E-state index contributed by atoms with van der Waals surface area (Å²) in [6.45, 7) is 2.30. The number of aryl methyl sites for hydroxylation is 2. The molecule has 10 heteroatoms. The van der Waals surface area contributed by atoms with Gasteiger partial charge in [0.15, 0.2) is 5.03 Å². The second-order valence-electron chi connectivity index (χ2n) is 7.47. The van der Waals surface area contributed by atoms with E-state index in [4.69, 9.17) is 5.11 Å². The van der Waals surface area contributed by atoms with Gasteiger partial charge in [0.05, 0.1) is 5.92 Å². The maximum atomic E-state index is 12.7. The average Bonchev–Trinajstić information content (AvgIpc) is 3.22. The van der Waals surface area contributed by atoms with Gasteiger partial charge in [0.2, 0.25) is 5.91 Å². The van der Waals surface area contributed by atoms with E-state index in [1.807, 2.05) is 0 Å². The average molecular weight is 398 g/mol. The highest BCUT2D eigenvalue weighted by molar-refractivity contribution is 7.89. The summed E-state index contributed by atoms with van der Waals surface area (Å²) in [5.41, 5.74) is 0. The second kappa shape index (κ2) is 7.59. The van der Waals surface area contributed by atoms with Gasteiger partial charge in [0, 0.05) is 38.3 Å². The summed E-state index contributed by atoms with van der Waals surface area (Å²) in [5, 5.41) is 12.0. The van der Waals surface area contributed by atoms with E-state index in [2.05, 4.69) is 10.3 Å². The van der Waals surface area contributed by atoms with Crippen LogP contribution in [0.2, 0.25) is 0 Å². The van der Waals surface area contributed by atoms with Crippen molar-refractivity contribution in [1.82, 2.24) is 19.2 Å². The third-order valence-corrected chi connectivity index (χ3v) is 7.41. The molecule has 1 aromatic rings. The van der Waals surface area contributed by atoms with Gasteiger partial charge in [-0.2, -0.15) is 4.31 Å². The molecule has 0 radical (unpaired) electrons. The largest absolute Gasteiger partial charge is 0.481 e. The molecule has 0 aromatic carbocycles. The first-order valence-electron chi connectivity index (χ1n) is 9.21. The van der Waals surface area contributed by atoms with Gasteiger partial charge in [0.25, 0.3) is 10.0 Å². The molecule has 2 fully saturated rings. The summed E-state index contributed by atoms with van der Waals surface area (Å²) in [5.74, 6) is -0.916. The lowest BCUT2D eigenvalue weighted by atomic mass is 9.96. The number of carboxylic acid groups (broad SMARTS) is 1. The highest BCUT2D eigenvalue weighted by Gasteiger charge is 2.35. The quantitative estimate of drug-likeness (QED) is 0.745.